The van der Waals surface area contributed by atoms with Crippen molar-refractivity contribution >= 4 is 35.1 Å². The summed E-state index contributed by atoms with van der Waals surface area (Å²) in [5, 5.41) is 5.16. The summed E-state index contributed by atoms with van der Waals surface area (Å²) in [4.78, 5) is 36.0. The molecular formula is C23H28N4O4S. The van der Waals surface area contributed by atoms with Crippen molar-refractivity contribution in [3.63, 3.8) is 0 Å². The molecule has 0 unspecified atom stereocenters. The third kappa shape index (κ3) is 9.57. The summed E-state index contributed by atoms with van der Waals surface area (Å²) >= 11 is 5.01. The van der Waals surface area contributed by atoms with Crippen molar-refractivity contribution in [1.29, 1.82) is 0 Å². The summed E-state index contributed by atoms with van der Waals surface area (Å²) in [6.45, 7) is 5.10. The zero-order valence-corrected chi connectivity index (χ0v) is 19.0. The lowest BCUT2D eigenvalue weighted by molar-refractivity contribution is -0.126. The van der Waals surface area contributed by atoms with Crippen LogP contribution in [0.1, 0.15) is 42.6 Å². The summed E-state index contributed by atoms with van der Waals surface area (Å²) in [5.74, 6) is -0.00686. The van der Waals surface area contributed by atoms with Gasteiger partial charge in [0.1, 0.15) is 5.75 Å². The number of carbonyl (C=O) groups excluding carboxylic acids is 3. The second kappa shape index (κ2) is 13.1. The predicted molar refractivity (Wildman–Crippen MR) is 126 cm³/mol. The zero-order valence-electron chi connectivity index (χ0n) is 18.1. The molecule has 2 aromatic carbocycles. The van der Waals surface area contributed by atoms with E-state index in [9.17, 15) is 14.4 Å². The van der Waals surface area contributed by atoms with Gasteiger partial charge in [-0.3, -0.25) is 30.6 Å². The minimum absolute atomic E-state index is 0.0258. The van der Waals surface area contributed by atoms with Crippen LogP contribution in [-0.4, -0.2) is 29.4 Å². The molecular weight excluding hydrogens is 428 g/mol. The van der Waals surface area contributed by atoms with Crippen LogP contribution in [0.15, 0.2) is 54.6 Å². The Morgan fingerprint density at radius 2 is 1.56 bits per heavy atom. The maximum atomic E-state index is 12.2. The number of hydrogen-bond acceptors (Lipinski definition) is 5. The fourth-order valence-electron chi connectivity index (χ4n) is 2.47. The van der Waals surface area contributed by atoms with E-state index in [0.717, 1.165) is 5.56 Å². The highest BCUT2D eigenvalue weighted by molar-refractivity contribution is 7.80. The van der Waals surface area contributed by atoms with Crippen LogP contribution in [-0.2, 0) is 16.1 Å². The van der Waals surface area contributed by atoms with E-state index >= 15 is 0 Å². The molecule has 8 nitrogen and oxygen atoms in total. The van der Waals surface area contributed by atoms with Crippen LogP contribution in [0, 0.1) is 5.92 Å². The van der Waals surface area contributed by atoms with Crippen molar-refractivity contribution in [2.45, 2.75) is 33.2 Å². The highest BCUT2D eigenvalue weighted by atomic mass is 32.1. The minimum atomic E-state index is -0.428. The summed E-state index contributed by atoms with van der Waals surface area (Å²) in [5.41, 5.74) is 6.19. The molecule has 0 spiro atoms. The standard InChI is InChI=1S/C23H28N4O4S/c1-16(2)15-31-19-10-8-18(9-11-19)22(30)25-23(32)27-26-21(29)13-12-20(28)24-14-17-6-4-3-5-7-17/h3-11,16H,12-15H2,1-2H3,(H,24,28)(H,26,29)(H2,25,27,30,32). The lowest BCUT2D eigenvalue weighted by Gasteiger charge is -2.12. The molecule has 2 rings (SSSR count). The molecule has 0 atom stereocenters. The van der Waals surface area contributed by atoms with E-state index in [1.165, 1.54) is 0 Å². The van der Waals surface area contributed by atoms with Crippen molar-refractivity contribution in [2.24, 2.45) is 5.92 Å². The summed E-state index contributed by atoms with van der Waals surface area (Å²) in [7, 11) is 0. The Balaban J connectivity index is 1.64. The van der Waals surface area contributed by atoms with Crippen molar-refractivity contribution in [3.8, 4) is 5.75 Å². The molecule has 0 saturated carbocycles. The molecule has 0 heterocycles. The second-order valence-corrected chi connectivity index (χ2v) is 7.86. The average Bonchev–Trinajstić information content (AvgIpc) is 2.79. The maximum absolute atomic E-state index is 12.2. The van der Waals surface area contributed by atoms with Crippen LogP contribution >= 0.6 is 12.2 Å². The molecule has 0 saturated heterocycles. The summed E-state index contributed by atoms with van der Waals surface area (Å²) < 4.78 is 5.58. The van der Waals surface area contributed by atoms with E-state index in [0.29, 0.717) is 30.4 Å². The Morgan fingerprint density at radius 3 is 2.22 bits per heavy atom. The zero-order chi connectivity index (χ0) is 23.3. The van der Waals surface area contributed by atoms with Crippen molar-refractivity contribution in [3.05, 3.63) is 65.7 Å². The third-order valence-electron chi connectivity index (χ3n) is 4.15. The minimum Gasteiger partial charge on any atom is -0.493 e. The Bertz CT molecular complexity index is 917. The van der Waals surface area contributed by atoms with Gasteiger partial charge in [-0.15, -0.1) is 0 Å². The van der Waals surface area contributed by atoms with Crippen molar-refractivity contribution < 1.29 is 19.1 Å². The Labute approximate surface area is 193 Å². The normalized spacial score (nSPS) is 10.2. The molecule has 0 aliphatic carbocycles. The molecule has 0 bridgehead atoms. The smallest absolute Gasteiger partial charge is 0.257 e. The second-order valence-electron chi connectivity index (χ2n) is 7.45. The number of carbonyl (C=O) groups is 3. The van der Waals surface area contributed by atoms with Crippen LogP contribution in [0.5, 0.6) is 5.75 Å². The van der Waals surface area contributed by atoms with Crippen LogP contribution in [0.2, 0.25) is 0 Å². The van der Waals surface area contributed by atoms with Gasteiger partial charge in [0.2, 0.25) is 11.8 Å². The molecule has 0 aliphatic rings. The lowest BCUT2D eigenvalue weighted by atomic mass is 10.2. The fraction of sp³-hybridized carbons (Fsp3) is 0.304. The molecule has 4 N–H and O–H groups in total. The van der Waals surface area contributed by atoms with Gasteiger partial charge in [-0.1, -0.05) is 44.2 Å². The number of thiocarbonyl (C=S) groups is 1. The van der Waals surface area contributed by atoms with Crippen molar-refractivity contribution in [1.82, 2.24) is 21.5 Å². The Morgan fingerprint density at radius 1 is 0.906 bits per heavy atom. The van der Waals surface area contributed by atoms with Crippen LogP contribution in [0.4, 0.5) is 0 Å². The topological polar surface area (TPSA) is 109 Å². The molecule has 9 heteroatoms. The van der Waals surface area contributed by atoms with Gasteiger partial charge in [0.15, 0.2) is 5.11 Å². The van der Waals surface area contributed by atoms with Gasteiger partial charge in [0, 0.05) is 24.9 Å². The summed E-state index contributed by atoms with van der Waals surface area (Å²) in [6.07, 6.45) is 0.00667. The molecule has 0 aliphatic heterocycles. The first-order chi connectivity index (χ1) is 15.3. The van der Waals surface area contributed by atoms with E-state index in [-0.39, 0.29) is 23.9 Å². The van der Waals surface area contributed by atoms with Crippen LogP contribution < -0.4 is 26.2 Å². The predicted octanol–water partition coefficient (Wildman–Crippen LogP) is 2.45. The number of hydrazine groups is 1. The molecule has 3 amide bonds. The lowest BCUT2D eigenvalue weighted by Crippen LogP contribution is -2.48. The highest BCUT2D eigenvalue weighted by Gasteiger charge is 2.10. The van der Waals surface area contributed by atoms with Gasteiger partial charge in [-0.25, -0.2) is 0 Å². The summed E-state index contributed by atoms with van der Waals surface area (Å²) in [6, 6.07) is 16.1. The van der Waals surface area contributed by atoms with Crippen molar-refractivity contribution in [2.75, 3.05) is 6.61 Å². The molecule has 0 fully saturated rings. The van der Waals surface area contributed by atoms with E-state index in [2.05, 4.69) is 35.3 Å². The number of ether oxygens (including phenoxy) is 1. The Kier molecular flexibility index (Phi) is 10.1. The number of amides is 3. The largest absolute Gasteiger partial charge is 0.493 e. The monoisotopic (exact) mass is 456 g/mol. The molecule has 170 valence electrons. The molecule has 2 aromatic rings. The number of benzene rings is 2. The molecule has 32 heavy (non-hydrogen) atoms. The van der Waals surface area contributed by atoms with Gasteiger partial charge in [-0.05, 0) is 48.0 Å². The van der Waals surface area contributed by atoms with Crippen LogP contribution in [0.25, 0.3) is 0 Å². The van der Waals surface area contributed by atoms with E-state index in [4.69, 9.17) is 17.0 Å². The fourth-order valence-corrected chi connectivity index (χ4v) is 2.62. The highest BCUT2D eigenvalue weighted by Crippen LogP contribution is 2.13. The van der Waals surface area contributed by atoms with Gasteiger partial charge in [0.25, 0.3) is 5.91 Å². The van der Waals surface area contributed by atoms with E-state index < -0.39 is 11.8 Å². The first kappa shape index (κ1) is 24.8. The third-order valence-corrected chi connectivity index (χ3v) is 4.36. The first-order valence-electron chi connectivity index (χ1n) is 10.3. The van der Waals surface area contributed by atoms with Gasteiger partial charge in [-0.2, -0.15) is 0 Å². The SMILES string of the molecule is CC(C)COc1ccc(C(=O)NC(=S)NNC(=O)CCC(=O)NCc2ccccc2)cc1. The van der Waals surface area contributed by atoms with Gasteiger partial charge in [0.05, 0.1) is 6.61 Å². The number of rotatable bonds is 9. The van der Waals surface area contributed by atoms with Gasteiger partial charge >= 0.3 is 0 Å². The van der Waals surface area contributed by atoms with E-state index in [1.807, 2.05) is 30.3 Å². The molecule has 0 aromatic heterocycles. The maximum Gasteiger partial charge on any atom is 0.257 e. The quantitative estimate of drug-likeness (QED) is 0.341. The number of hydrogen-bond donors (Lipinski definition) is 4. The first-order valence-corrected chi connectivity index (χ1v) is 10.7. The van der Waals surface area contributed by atoms with Gasteiger partial charge < -0.3 is 10.1 Å². The van der Waals surface area contributed by atoms with Crippen LogP contribution in [0.3, 0.4) is 0 Å². The van der Waals surface area contributed by atoms with E-state index in [1.54, 1.807) is 24.3 Å². The molecule has 0 radical (unpaired) electrons. The average molecular weight is 457 g/mol. The Hall–Kier alpha value is -3.46. The number of nitrogens with one attached hydrogen (secondary N) is 4.